The van der Waals surface area contributed by atoms with Crippen molar-refractivity contribution in [1.82, 2.24) is 0 Å². The first-order chi connectivity index (χ1) is 9.83. The maximum atomic E-state index is 12.3. The standard InChI is InChI=1S/C14H14Cl3NO3/c1-13(7-14(13,16)17)12(19)18-9-6-11-10(5-8(9)15)20-3-2-4-21-11/h5-6H,2-4,7H2,1H3,(H,18,19)/t13-/m1/s1. The van der Waals surface area contributed by atoms with Crippen molar-refractivity contribution in [3.8, 4) is 11.5 Å². The number of nitrogens with one attached hydrogen (secondary N) is 1. The van der Waals surface area contributed by atoms with Gasteiger partial charge in [-0.2, -0.15) is 0 Å². The molecule has 0 unspecified atom stereocenters. The van der Waals surface area contributed by atoms with Gasteiger partial charge in [0.15, 0.2) is 11.5 Å². The largest absolute Gasteiger partial charge is 0.490 e. The zero-order chi connectivity index (χ0) is 15.3. The van der Waals surface area contributed by atoms with Crippen LogP contribution in [0.15, 0.2) is 12.1 Å². The van der Waals surface area contributed by atoms with Crippen LogP contribution in [0.4, 0.5) is 5.69 Å². The first kappa shape index (κ1) is 15.1. The number of rotatable bonds is 2. The van der Waals surface area contributed by atoms with Crippen molar-refractivity contribution in [2.45, 2.75) is 24.1 Å². The number of halogens is 3. The van der Waals surface area contributed by atoms with Crippen molar-refractivity contribution in [3.63, 3.8) is 0 Å². The van der Waals surface area contributed by atoms with Crippen LogP contribution in [-0.4, -0.2) is 23.5 Å². The number of carbonyl (C=O) groups is 1. The van der Waals surface area contributed by atoms with Crippen LogP contribution < -0.4 is 14.8 Å². The van der Waals surface area contributed by atoms with Gasteiger partial charge in [-0.05, 0) is 13.3 Å². The van der Waals surface area contributed by atoms with Crippen LogP contribution in [0.2, 0.25) is 5.02 Å². The van der Waals surface area contributed by atoms with Gasteiger partial charge in [-0.25, -0.2) is 0 Å². The Morgan fingerprint density at radius 2 is 1.81 bits per heavy atom. The smallest absolute Gasteiger partial charge is 0.233 e. The summed E-state index contributed by atoms with van der Waals surface area (Å²) in [6, 6.07) is 3.30. The lowest BCUT2D eigenvalue weighted by Gasteiger charge is -2.15. The number of fused-ring (bicyclic) bond motifs is 1. The molecule has 4 nitrogen and oxygen atoms in total. The van der Waals surface area contributed by atoms with Crippen molar-refractivity contribution in [2.24, 2.45) is 5.41 Å². The lowest BCUT2D eigenvalue weighted by atomic mass is 10.1. The van der Waals surface area contributed by atoms with Crippen molar-refractivity contribution < 1.29 is 14.3 Å². The molecule has 1 amide bonds. The van der Waals surface area contributed by atoms with Crippen molar-refractivity contribution in [2.75, 3.05) is 18.5 Å². The second kappa shape index (κ2) is 5.11. The minimum Gasteiger partial charge on any atom is -0.490 e. The number of anilines is 1. The fourth-order valence-electron chi connectivity index (χ4n) is 2.19. The van der Waals surface area contributed by atoms with Gasteiger partial charge in [0.1, 0.15) is 4.33 Å². The van der Waals surface area contributed by atoms with E-state index in [4.69, 9.17) is 44.3 Å². The van der Waals surface area contributed by atoms with Crippen molar-refractivity contribution >= 4 is 46.4 Å². The van der Waals surface area contributed by atoms with Gasteiger partial charge in [0.05, 0.1) is 29.3 Å². The van der Waals surface area contributed by atoms with Crippen LogP contribution in [0.25, 0.3) is 0 Å². The van der Waals surface area contributed by atoms with E-state index >= 15 is 0 Å². The maximum absolute atomic E-state index is 12.3. The molecule has 1 aliphatic carbocycles. The van der Waals surface area contributed by atoms with Crippen LogP contribution in [-0.2, 0) is 4.79 Å². The summed E-state index contributed by atoms with van der Waals surface area (Å²) in [5.74, 6) is 0.886. The first-order valence-electron chi connectivity index (χ1n) is 6.62. The number of amides is 1. The predicted molar refractivity (Wildman–Crippen MR) is 82.8 cm³/mol. The minimum atomic E-state index is -1.02. The number of hydrogen-bond acceptors (Lipinski definition) is 3. The van der Waals surface area contributed by atoms with Crippen LogP contribution in [0, 0.1) is 5.41 Å². The number of carbonyl (C=O) groups excluding carboxylic acids is 1. The van der Waals surface area contributed by atoms with Crippen molar-refractivity contribution in [3.05, 3.63) is 17.2 Å². The third-order valence-electron chi connectivity index (χ3n) is 3.84. The molecule has 0 saturated heterocycles. The molecule has 2 aliphatic rings. The molecule has 0 spiro atoms. The van der Waals surface area contributed by atoms with E-state index in [0.717, 1.165) is 6.42 Å². The fourth-order valence-corrected chi connectivity index (χ4v) is 3.09. The van der Waals surface area contributed by atoms with E-state index in [-0.39, 0.29) is 5.91 Å². The number of alkyl halides is 2. The highest BCUT2D eigenvalue weighted by atomic mass is 35.5. The van der Waals surface area contributed by atoms with Gasteiger partial charge < -0.3 is 14.8 Å². The summed E-state index contributed by atoms with van der Waals surface area (Å²) in [6.45, 7) is 2.86. The van der Waals surface area contributed by atoms with Crippen LogP contribution in [0.1, 0.15) is 19.8 Å². The third kappa shape index (κ3) is 2.65. The van der Waals surface area contributed by atoms with Gasteiger partial charge in [-0.1, -0.05) is 11.6 Å². The highest BCUT2D eigenvalue weighted by Crippen LogP contribution is 2.64. The summed E-state index contributed by atoms with van der Waals surface area (Å²) in [5, 5.41) is 3.14. The highest BCUT2D eigenvalue weighted by molar-refractivity contribution is 6.53. The summed E-state index contributed by atoms with van der Waals surface area (Å²) >= 11 is 18.2. The normalized spacial score (nSPS) is 25.9. The first-order valence-corrected chi connectivity index (χ1v) is 7.75. The second-order valence-corrected chi connectivity index (χ2v) is 7.39. The van der Waals surface area contributed by atoms with Crippen LogP contribution >= 0.6 is 34.8 Å². The van der Waals surface area contributed by atoms with Gasteiger partial charge in [-0.3, -0.25) is 4.79 Å². The molecule has 7 heteroatoms. The van der Waals surface area contributed by atoms with Gasteiger partial charge >= 0.3 is 0 Å². The Balaban J connectivity index is 1.83. The molecule has 1 fully saturated rings. The lowest BCUT2D eigenvalue weighted by Crippen LogP contribution is -2.26. The number of ether oxygens (including phenoxy) is 2. The summed E-state index contributed by atoms with van der Waals surface area (Å²) in [5.41, 5.74) is -0.341. The average molecular weight is 351 g/mol. The van der Waals surface area contributed by atoms with E-state index in [2.05, 4.69) is 5.32 Å². The van der Waals surface area contributed by atoms with Crippen LogP contribution in [0.3, 0.4) is 0 Å². The topological polar surface area (TPSA) is 47.6 Å². The van der Waals surface area contributed by atoms with E-state index in [1.54, 1.807) is 19.1 Å². The molecule has 1 aliphatic heterocycles. The molecule has 1 heterocycles. The molecule has 0 radical (unpaired) electrons. The Kier molecular flexibility index (Phi) is 3.67. The quantitative estimate of drug-likeness (QED) is 0.819. The number of hydrogen-bond donors (Lipinski definition) is 1. The summed E-state index contributed by atoms with van der Waals surface area (Å²) in [4.78, 5) is 12.3. The highest BCUT2D eigenvalue weighted by Gasteiger charge is 2.67. The summed E-state index contributed by atoms with van der Waals surface area (Å²) in [7, 11) is 0. The molecule has 1 aromatic carbocycles. The molecule has 21 heavy (non-hydrogen) atoms. The lowest BCUT2D eigenvalue weighted by molar-refractivity contribution is -0.120. The SMILES string of the molecule is C[C@]1(C(=O)Nc2cc3c(cc2Cl)OCCCO3)CC1(Cl)Cl. The third-order valence-corrected chi connectivity index (χ3v) is 5.26. The summed E-state index contributed by atoms with van der Waals surface area (Å²) < 4.78 is 10.1. The Morgan fingerprint density at radius 1 is 1.24 bits per heavy atom. The summed E-state index contributed by atoms with van der Waals surface area (Å²) in [6.07, 6.45) is 1.21. The zero-order valence-corrected chi connectivity index (χ0v) is 13.6. The molecular formula is C14H14Cl3NO3. The van der Waals surface area contributed by atoms with Crippen LogP contribution in [0.5, 0.6) is 11.5 Å². The molecule has 1 atom stereocenters. The van der Waals surface area contributed by atoms with E-state index in [0.29, 0.717) is 41.8 Å². The van der Waals surface area contributed by atoms with Gasteiger partial charge in [0, 0.05) is 18.6 Å². The molecule has 1 N–H and O–H groups in total. The van der Waals surface area contributed by atoms with Gasteiger partial charge in [0.25, 0.3) is 0 Å². The minimum absolute atomic E-state index is 0.260. The predicted octanol–water partition coefficient (Wildman–Crippen LogP) is 4.02. The van der Waals surface area contributed by atoms with Crippen molar-refractivity contribution in [1.29, 1.82) is 0 Å². The molecule has 1 saturated carbocycles. The number of benzene rings is 1. The monoisotopic (exact) mass is 349 g/mol. The molecular weight excluding hydrogens is 337 g/mol. The Bertz CT molecular complexity index is 605. The Labute approximate surface area is 137 Å². The van der Waals surface area contributed by atoms with E-state index in [9.17, 15) is 4.79 Å². The Hall–Kier alpha value is -0.840. The Morgan fingerprint density at radius 3 is 2.38 bits per heavy atom. The van der Waals surface area contributed by atoms with Gasteiger partial charge in [-0.15, -0.1) is 23.2 Å². The molecule has 3 rings (SSSR count). The zero-order valence-electron chi connectivity index (χ0n) is 11.3. The van der Waals surface area contributed by atoms with E-state index < -0.39 is 9.75 Å². The second-order valence-electron chi connectivity index (χ2n) is 5.50. The molecule has 0 aromatic heterocycles. The average Bonchev–Trinajstić information content (AvgIpc) is 3.01. The fraction of sp³-hybridized carbons (Fsp3) is 0.500. The van der Waals surface area contributed by atoms with Gasteiger partial charge in [0.2, 0.25) is 5.91 Å². The maximum Gasteiger partial charge on any atom is 0.233 e. The van der Waals surface area contributed by atoms with E-state index in [1.807, 2.05) is 0 Å². The molecule has 1 aromatic rings. The molecule has 114 valence electrons. The molecule has 0 bridgehead atoms. The van der Waals surface area contributed by atoms with E-state index in [1.165, 1.54) is 0 Å².